The zero-order chi connectivity index (χ0) is 16.1. The van der Waals surface area contributed by atoms with E-state index in [0.717, 1.165) is 42.0 Å². The van der Waals surface area contributed by atoms with Gasteiger partial charge in [-0.25, -0.2) is 0 Å². The molecular weight excluding hydrogens is 356 g/mol. The van der Waals surface area contributed by atoms with Crippen LogP contribution < -0.4 is 10.2 Å². The molecule has 2 aromatic carbocycles. The van der Waals surface area contributed by atoms with E-state index in [4.69, 9.17) is 4.74 Å². The van der Waals surface area contributed by atoms with Crippen molar-refractivity contribution in [2.75, 3.05) is 36.5 Å². The highest BCUT2D eigenvalue weighted by Gasteiger charge is 2.11. The average molecular weight is 375 g/mol. The third-order valence-corrected chi connectivity index (χ3v) is 4.33. The number of anilines is 2. The molecule has 3 rings (SSSR count). The lowest BCUT2D eigenvalue weighted by molar-refractivity contribution is -0.115. The van der Waals surface area contributed by atoms with Gasteiger partial charge >= 0.3 is 0 Å². The summed E-state index contributed by atoms with van der Waals surface area (Å²) in [6, 6.07) is 15.8. The summed E-state index contributed by atoms with van der Waals surface area (Å²) in [5, 5.41) is 2.91. The molecule has 1 fully saturated rings. The summed E-state index contributed by atoms with van der Waals surface area (Å²) in [7, 11) is 0. The van der Waals surface area contributed by atoms with E-state index in [-0.39, 0.29) is 5.91 Å². The summed E-state index contributed by atoms with van der Waals surface area (Å²) < 4.78 is 6.36. The van der Waals surface area contributed by atoms with E-state index in [1.54, 1.807) is 0 Å². The Bertz CT molecular complexity index is 650. The van der Waals surface area contributed by atoms with Crippen LogP contribution in [-0.4, -0.2) is 32.2 Å². The fourth-order valence-corrected chi connectivity index (χ4v) is 2.83. The zero-order valence-electron chi connectivity index (χ0n) is 12.8. The second-order valence-electron chi connectivity index (χ2n) is 5.50. The second kappa shape index (κ2) is 7.62. The van der Waals surface area contributed by atoms with Crippen LogP contribution in [0.3, 0.4) is 0 Å². The van der Waals surface area contributed by atoms with Crippen LogP contribution in [0.25, 0.3) is 0 Å². The van der Waals surface area contributed by atoms with Crippen molar-refractivity contribution in [2.45, 2.75) is 6.42 Å². The predicted molar refractivity (Wildman–Crippen MR) is 95.9 cm³/mol. The van der Waals surface area contributed by atoms with Crippen molar-refractivity contribution in [2.24, 2.45) is 0 Å². The van der Waals surface area contributed by atoms with Gasteiger partial charge < -0.3 is 15.0 Å². The molecule has 23 heavy (non-hydrogen) atoms. The highest BCUT2D eigenvalue weighted by molar-refractivity contribution is 9.10. The Hall–Kier alpha value is -1.85. The van der Waals surface area contributed by atoms with Crippen LogP contribution in [0.2, 0.25) is 0 Å². The smallest absolute Gasteiger partial charge is 0.228 e. The minimum absolute atomic E-state index is 0.00792. The first-order valence-corrected chi connectivity index (χ1v) is 8.47. The van der Waals surface area contributed by atoms with Crippen LogP contribution in [0.1, 0.15) is 5.56 Å². The number of rotatable bonds is 4. The molecule has 5 heteroatoms. The first-order chi connectivity index (χ1) is 11.2. The Balaban J connectivity index is 1.57. The lowest BCUT2D eigenvalue weighted by Gasteiger charge is -2.28. The number of carbonyl (C=O) groups is 1. The summed E-state index contributed by atoms with van der Waals surface area (Å²) in [4.78, 5) is 14.4. The molecule has 0 unspecified atom stereocenters. The van der Waals surface area contributed by atoms with Crippen molar-refractivity contribution < 1.29 is 9.53 Å². The summed E-state index contributed by atoms with van der Waals surface area (Å²) in [6.45, 7) is 3.39. The maximum Gasteiger partial charge on any atom is 0.228 e. The fraction of sp³-hybridized carbons (Fsp3) is 0.278. The number of nitrogens with zero attached hydrogens (tertiary/aromatic N) is 1. The molecule has 0 atom stereocenters. The average Bonchev–Trinajstić information content (AvgIpc) is 2.58. The Labute approximate surface area is 144 Å². The summed E-state index contributed by atoms with van der Waals surface area (Å²) in [5.74, 6) is -0.00792. The quantitative estimate of drug-likeness (QED) is 0.890. The van der Waals surface area contributed by atoms with Crippen molar-refractivity contribution >= 4 is 33.2 Å². The molecule has 0 bridgehead atoms. The molecule has 1 amide bonds. The van der Waals surface area contributed by atoms with Crippen LogP contribution >= 0.6 is 15.9 Å². The number of amides is 1. The first-order valence-electron chi connectivity index (χ1n) is 7.68. The number of nitrogens with one attached hydrogen (secondary N) is 1. The topological polar surface area (TPSA) is 41.6 Å². The van der Waals surface area contributed by atoms with Gasteiger partial charge in [-0.2, -0.15) is 0 Å². The van der Waals surface area contributed by atoms with Crippen molar-refractivity contribution in [3.05, 3.63) is 58.6 Å². The number of hydrogen-bond donors (Lipinski definition) is 1. The highest BCUT2D eigenvalue weighted by atomic mass is 79.9. The van der Waals surface area contributed by atoms with E-state index < -0.39 is 0 Å². The van der Waals surface area contributed by atoms with Gasteiger partial charge in [0.15, 0.2) is 0 Å². The van der Waals surface area contributed by atoms with Crippen molar-refractivity contribution in [3.8, 4) is 0 Å². The standard InChI is InChI=1S/C18H19BrN2O2/c19-15-3-5-16(6-4-15)20-18(22)13-14-1-7-17(8-2-14)21-9-11-23-12-10-21/h1-8H,9-13H2,(H,20,22). The Kier molecular flexibility index (Phi) is 5.31. The monoisotopic (exact) mass is 374 g/mol. The van der Waals surface area contributed by atoms with Gasteiger partial charge in [0.05, 0.1) is 19.6 Å². The fourth-order valence-electron chi connectivity index (χ4n) is 2.57. The molecule has 4 nitrogen and oxygen atoms in total. The number of hydrogen-bond acceptors (Lipinski definition) is 3. The molecule has 1 N–H and O–H groups in total. The first kappa shape index (κ1) is 16.0. The van der Waals surface area contributed by atoms with Gasteiger partial charge in [0.2, 0.25) is 5.91 Å². The lowest BCUT2D eigenvalue weighted by atomic mass is 10.1. The molecule has 1 aliphatic rings. The van der Waals surface area contributed by atoms with Gasteiger partial charge in [0, 0.05) is 28.9 Å². The number of ether oxygens (including phenoxy) is 1. The largest absolute Gasteiger partial charge is 0.378 e. The van der Waals surface area contributed by atoms with Crippen molar-refractivity contribution in [1.29, 1.82) is 0 Å². The predicted octanol–water partition coefficient (Wildman–Crippen LogP) is 3.47. The van der Waals surface area contributed by atoms with E-state index in [1.165, 1.54) is 5.69 Å². The van der Waals surface area contributed by atoms with Crippen LogP contribution in [0.5, 0.6) is 0 Å². The number of benzene rings is 2. The van der Waals surface area contributed by atoms with Gasteiger partial charge in [-0.05, 0) is 42.0 Å². The van der Waals surface area contributed by atoms with Gasteiger partial charge in [0.1, 0.15) is 0 Å². The molecule has 1 saturated heterocycles. The zero-order valence-corrected chi connectivity index (χ0v) is 14.4. The molecule has 0 aromatic heterocycles. The molecule has 0 spiro atoms. The van der Waals surface area contributed by atoms with Crippen LogP contribution in [-0.2, 0) is 16.0 Å². The molecular formula is C18H19BrN2O2. The summed E-state index contributed by atoms with van der Waals surface area (Å²) >= 11 is 3.38. The van der Waals surface area contributed by atoms with E-state index in [1.807, 2.05) is 36.4 Å². The summed E-state index contributed by atoms with van der Waals surface area (Å²) in [5.41, 5.74) is 3.00. The maximum atomic E-state index is 12.1. The van der Waals surface area contributed by atoms with Gasteiger partial charge in [-0.1, -0.05) is 28.1 Å². The number of halogens is 1. The number of morpholine rings is 1. The van der Waals surface area contributed by atoms with Gasteiger partial charge in [-0.3, -0.25) is 4.79 Å². The summed E-state index contributed by atoms with van der Waals surface area (Å²) in [6.07, 6.45) is 0.374. The molecule has 1 aliphatic heterocycles. The second-order valence-corrected chi connectivity index (χ2v) is 6.41. The molecule has 0 radical (unpaired) electrons. The van der Waals surface area contributed by atoms with Crippen molar-refractivity contribution in [1.82, 2.24) is 0 Å². The molecule has 2 aromatic rings. The highest BCUT2D eigenvalue weighted by Crippen LogP contribution is 2.18. The van der Waals surface area contributed by atoms with E-state index in [0.29, 0.717) is 6.42 Å². The molecule has 120 valence electrons. The Morgan fingerprint density at radius 2 is 1.70 bits per heavy atom. The number of carbonyl (C=O) groups excluding carboxylic acids is 1. The Morgan fingerprint density at radius 3 is 2.35 bits per heavy atom. The van der Waals surface area contributed by atoms with E-state index in [9.17, 15) is 4.79 Å². The van der Waals surface area contributed by atoms with Gasteiger partial charge in [0.25, 0.3) is 0 Å². The third kappa shape index (κ3) is 4.56. The van der Waals surface area contributed by atoms with Crippen LogP contribution in [0.15, 0.2) is 53.0 Å². The Morgan fingerprint density at radius 1 is 1.04 bits per heavy atom. The van der Waals surface area contributed by atoms with Crippen LogP contribution in [0.4, 0.5) is 11.4 Å². The molecule has 0 saturated carbocycles. The minimum atomic E-state index is -0.00792. The molecule has 1 heterocycles. The normalized spacial score (nSPS) is 14.6. The maximum absolute atomic E-state index is 12.1. The van der Waals surface area contributed by atoms with Gasteiger partial charge in [-0.15, -0.1) is 0 Å². The third-order valence-electron chi connectivity index (χ3n) is 3.81. The SMILES string of the molecule is O=C(Cc1ccc(N2CCOCC2)cc1)Nc1ccc(Br)cc1. The van der Waals surface area contributed by atoms with Crippen LogP contribution in [0, 0.1) is 0 Å². The van der Waals surface area contributed by atoms with Crippen molar-refractivity contribution in [3.63, 3.8) is 0 Å². The minimum Gasteiger partial charge on any atom is -0.378 e. The van der Waals surface area contributed by atoms with E-state index in [2.05, 4.69) is 38.3 Å². The molecule has 0 aliphatic carbocycles. The lowest BCUT2D eigenvalue weighted by Crippen LogP contribution is -2.36. The van der Waals surface area contributed by atoms with E-state index >= 15 is 0 Å².